The molecule has 3 aromatic rings. The summed E-state index contributed by atoms with van der Waals surface area (Å²) in [5, 5.41) is 7.25. The van der Waals surface area contributed by atoms with Crippen molar-refractivity contribution >= 4 is 5.91 Å². The summed E-state index contributed by atoms with van der Waals surface area (Å²) in [4.78, 5) is 24.3. The minimum Gasteiger partial charge on any atom is -0.337 e. The number of nitrogens with one attached hydrogen (secondary N) is 1. The van der Waals surface area contributed by atoms with Crippen LogP contribution in [0.2, 0.25) is 0 Å². The number of H-pyrrole nitrogens is 1. The van der Waals surface area contributed by atoms with Crippen LogP contribution in [0.3, 0.4) is 0 Å². The van der Waals surface area contributed by atoms with Crippen molar-refractivity contribution in [3.63, 3.8) is 0 Å². The van der Waals surface area contributed by atoms with E-state index in [0.29, 0.717) is 18.2 Å². The molecular weight excluding hydrogens is 374 g/mol. The highest BCUT2D eigenvalue weighted by atomic mass is 16.2. The molecule has 1 aliphatic heterocycles. The van der Waals surface area contributed by atoms with Crippen LogP contribution < -0.4 is 0 Å². The molecule has 0 spiro atoms. The monoisotopic (exact) mass is 403 g/mol. The van der Waals surface area contributed by atoms with Gasteiger partial charge in [0.1, 0.15) is 11.5 Å². The number of rotatable bonds is 4. The number of carbonyl (C=O) groups excluding carboxylic acids is 1. The summed E-state index contributed by atoms with van der Waals surface area (Å²) in [7, 11) is 0. The Morgan fingerprint density at radius 2 is 2.07 bits per heavy atom. The molecule has 0 radical (unpaired) electrons. The Hall–Kier alpha value is -3.02. The zero-order valence-electron chi connectivity index (χ0n) is 18.1. The van der Waals surface area contributed by atoms with Gasteiger partial charge in [0.2, 0.25) is 0 Å². The van der Waals surface area contributed by atoms with Crippen molar-refractivity contribution in [1.82, 2.24) is 25.1 Å². The van der Waals surface area contributed by atoms with Crippen LogP contribution in [0.5, 0.6) is 0 Å². The lowest BCUT2D eigenvalue weighted by Gasteiger charge is -2.33. The van der Waals surface area contributed by atoms with Gasteiger partial charge in [-0.05, 0) is 44.2 Å². The van der Waals surface area contributed by atoms with E-state index in [0.717, 1.165) is 47.7 Å². The maximum Gasteiger partial charge on any atom is 0.274 e. The standard InChI is InChI=1S/C24H29N5O/c1-15(2)21-12-22(28-27-21)24(30)29-10-6-9-19(14-29)23-20(13-25-17(4)26-23)18-8-5-7-16(3)11-18/h5,7-8,11-13,15,19H,6,9-10,14H2,1-4H3,(H,27,28)/t19-/m1/s1. The van der Waals surface area contributed by atoms with E-state index in [1.807, 2.05) is 24.1 Å². The van der Waals surface area contributed by atoms with Crippen molar-refractivity contribution in [2.45, 2.75) is 52.4 Å². The Labute approximate surface area is 177 Å². The summed E-state index contributed by atoms with van der Waals surface area (Å²) in [5.74, 6) is 1.25. The van der Waals surface area contributed by atoms with Crippen molar-refractivity contribution < 1.29 is 4.79 Å². The minimum absolute atomic E-state index is 0.00858. The lowest BCUT2D eigenvalue weighted by atomic mass is 9.89. The van der Waals surface area contributed by atoms with Gasteiger partial charge in [-0.1, -0.05) is 43.7 Å². The number of aromatic amines is 1. The molecule has 30 heavy (non-hydrogen) atoms. The Morgan fingerprint density at radius 3 is 2.80 bits per heavy atom. The normalized spacial score (nSPS) is 16.8. The van der Waals surface area contributed by atoms with E-state index in [9.17, 15) is 4.79 Å². The quantitative estimate of drug-likeness (QED) is 0.689. The third-order valence-corrected chi connectivity index (χ3v) is 5.80. The highest BCUT2D eigenvalue weighted by Gasteiger charge is 2.29. The average Bonchev–Trinajstić information content (AvgIpc) is 3.24. The molecule has 0 unspecified atom stereocenters. The summed E-state index contributed by atoms with van der Waals surface area (Å²) < 4.78 is 0. The first-order valence-electron chi connectivity index (χ1n) is 10.7. The predicted molar refractivity (Wildman–Crippen MR) is 117 cm³/mol. The molecule has 1 saturated heterocycles. The van der Waals surface area contributed by atoms with Gasteiger partial charge < -0.3 is 4.90 Å². The van der Waals surface area contributed by atoms with E-state index in [-0.39, 0.29) is 11.8 Å². The lowest BCUT2D eigenvalue weighted by molar-refractivity contribution is 0.0700. The van der Waals surface area contributed by atoms with Crippen LogP contribution >= 0.6 is 0 Å². The minimum atomic E-state index is -0.00858. The van der Waals surface area contributed by atoms with Gasteiger partial charge in [0, 0.05) is 36.5 Å². The molecule has 1 fully saturated rings. The van der Waals surface area contributed by atoms with Crippen LogP contribution in [0.15, 0.2) is 36.5 Å². The fraction of sp³-hybridized carbons (Fsp3) is 0.417. The van der Waals surface area contributed by atoms with Crippen molar-refractivity contribution in [1.29, 1.82) is 0 Å². The molecule has 1 atom stereocenters. The summed E-state index contributed by atoms with van der Waals surface area (Å²) in [5.41, 5.74) is 5.92. The Morgan fingerprint density at radius 1 is 1.23 bits per heavy atom. The van der Waals surface area contributed by atoms with Crippen LogP contribution in [0, 0.1) is 13.8 Å². The van der Waals surface area contributed by atoms with Gasteiger partial charge in [-0.3, -0.25) is 9.89 Å². The number of hydrogen-bond acceptors (Lipinski definition) is 4. The lowest BCUT2D eigenvalue weighted by Crippen LogP contribution is -2.39. The van der Waals surface area contributed by atoms with Gasteiger partial charge >= 0.3 is 0 Å². The first-order chi connectivity index (χ1) is 14.4. The third kappa shape index (κ3) is 4.13. The molecule has 156 valence electrons. The van der Waals surface area contributed by atoms with Crippen LogP contribution in [0.25, 0.3) is 11.1 Å². The van der Waals surface area contributed by atoms with Gasteiger partial charge in [-0.2, -0.15) is 5.10 Å². The maximum atomic E-state index is 13.1. The Kier molecular flexibility index (Phi) is 5.66. The number of carbonyl (C=O) groups is 1. The number of amides is 1. The van der Waals surface area contributed by atoms with Crippen molar-refractivity contribution in [2.75, 3.05) is 13.1 Å². The van der Waals surface area contributed by atoms with Crippen LogP contribution in [-0.4, -0.2) is 44.1 Å². The van der Waals surface area contributed by atoms with Gasteiger partial charge in [0.05, 0.1) is 5.69 Å². The molecule has 0 bridgehead atoms. The largest absolute Gasteiger partial charge is 0.337 e. The van der Waals surface area contributed by atoms with Gasteiger partial charge in [0.15, 0.2) is 0 Å². The van der Waals surface area contributed by atoms with E-state index in [1.165, 1.54) is 5.56 Å². The molecule has 6 heteroatoms. The molecule has 0 aliphatic carbocycles. The maximum absolute atomic E-state index is 13.1. The SMILES string of the molecule is Cc1cccc(-c2cnc(C)nc2[C@@H]2CCCN(C(=O)c3cc(C(C)C)[nH]n3)C2)c1. The molecule has 1 aliphatic rings. The van der Waals surface area contributed by atoms with Crippen molar-refractivity contribution in [3.05, 3.63) is 65.0 Å². The van der Waals surface area contributed by atoms with Crippen LogP contribution in [0.1, 0.15) is 71.8 Å². The highest BCUT2D eigenvalue weighted by molar-refractivity contribution is 5.92. The second-order valence-electron chi connectivity index (χ2n) is 8.54. The number of likely N-dealkylation sites (tertiary alicyclic amines) is 1. The summed E-state index contributed by atoms with van der Waals surface area (Å²) in [6.45, 7) is 9.59. The fourth-order valence-corrected chi connectivity index (χ4v) is 4.12. The number of aryl methyl sites for hydroxylation is 2. The molecule has 1 amide bonds. The van der Waals surface area contributed by atoms with Crippen LogP contribution in [0.4, 0.5) is 0 Å². The molecular formula is C24H29N5O. The molecule has 0 saturated carbocycles. The first-order valence-corrected chi connectivity index (χ1v) is 10.7. The number of piperidine rings is 1. The number of aromatic nitrogens is 4. The van der Waals surface area contributed by atoms with E-state index >= 15 is 0 Å². The van der Waals surface area contributed by atoms with E-state index in [1.54, 1.807) is 0 Å². The number of nitrogens with zero attached hydrogens (tertiary/aromatic N) is 4. The molecule has 1 N–H and O–H groups in total. The second kappa shape index (κ2) is 8.38. The van der Waals surface area contributed by atoms with Gasteiger partial charge in [-0.15, -0.1) is 0 Å². The second-order valence-corrected chi connectivity index (χ2v) is 8.54. The molecule has 3 heterocycles. The van der Waals surface area contributed by atoms with E-state index < -0.39 is 0 Å². The van der Waals surface area contributed by atoms with Crippen molar-refractivity contribution in [3.8, 4) is 11.1 Å². The molecule has 6 nitrogen and oxygen atoms in total. The smallest absolute Gasteiger partial charge is 0.274 e. The summed E-state index contributed by atoms with van der Waals surface area (Å²) in [6, 6.07) is 10.3. The van der Waals surface area contributed by atoms with Crippen molar-refractivity contribution in [2.24, 2.45) is 0 Å². The average molecular weight is 404 g/mol. The number of benzene rings is 1. The number of hydrogen-bond donors (Lipinski definition) is 1. The molecule has 1 aromatic carbocycles. The highest BCUT2D eigenvalue weighted by Crippen LogP contribution is 2.33. The van der Waals surface area contributed by atoms with E-state index in [2.05, 4.69) is 60.2 Å². The van der Waals surface area contributed by atoms with Gasteiger partial charge in [-0.25, -0.2) is 9.97 Å². The first kappa shape index (κ1) is 20.3. The Bertz CT molecular complexity index is 1060. The fourth-order valence-electron chi connectivity index (χ4n) is 4.12. The van der Waals surface area contributed by atoms with E-state index in [4.69, 9.17) is 4.98 Å². The van der Waals surface area contributed by atoms with Crippen LogP contribution in [-0.2, 0) is 0 Å². The summed E-state index contributed by atoms with van der Waals surface area (Å²) >= 11 is 0. The Balaban J connectivity index is 1.62. The zero-order chi connectivity index (χ0) is 21.3. The topological polar surface area (TPSA) is 74.8 Å². The zero-order valence-corrected chi connectivity index (χ0v) is 18.1. The molecule has 2 aromatic heterocycles. The third-order valence-electron chi connectivity index (χ3n) is 5.80. The summed E-state index contributed by atoms with van der Waals surface area (Å²) in [6.07, 6.45) is 3.89. The molecule has 4 rings (SSSR count). The van der Waals surface area contributed by atoms with Gasteiger partial charge in [0.25, 0.3) is 5.91 Å². The predicted octanol–water partition coefficient (Wildman–Crippen LogP) is 4.63.